The van der Waals surface area contributed by atoms with Gasteiger partial charge in [-0.05, 0) is 27.7 Å². The molecule has 1 aliphatic rings. The monoisotopic (exact) mass is 292 g/mol. The Kier molecular flexibility index (Phi) is 4.97. The summed E-state index contributed by atoms with van der Waals surface area (Å²) in [5.41, 5.74) is -0.500. The molecule has 0 aromatic carbocycles. The lowest BCUT2D eigenvalue weighted by Crippen LogP contribution is -2.53. The first-order valence-electron chi connectivity index (χ1n) is 6.43. The SMILES string of the molecule is CC(C(=O)OC(C)(C)C)N1CCN(S(C)(=O)=O)CC1. The van der Waals surface area contributed by atoms with Crippen molar-refractivity contribution in [1.29, 1.82) is 0 Å². The highest BCUT2D eigenvalue weighted by Crippen LogP contribution is 2.14. The fourth-order valence-electron chi connectivity index (χ4n) is 1.96. The van der Waals surface area contributed by atoms with Crippen LogP contribution in [0.3, 0.4) is 0 Å². The van der Waals surface area contributed by atoms with Crippen LogP contribution in [0.2, 0.25) is 0 Å². The van der Waals surface area contributed by atoms with Gasteiger partial charge in [0.1, 0.15) is 11.6 Å². The topological polar surface area (TPSA) is 66.9 Å². The summed E-state index contributed by atoms with van der Waals surface area (Å²) in [6.45, 7) is 9.24. The number of carbonyl (C=O) groups is 1. The van der Waals surface area contributed by atoms with E-state index in [9.17, 15) is 13.2 Å². The molecule has 1 saturated heterocycles. The molecule has 0 aromatic heterocycles. The minimum atomic E-state index is -3.13. The Morgan fingerprint density at radius 3 is 2.00 bits per heavy atom. The molecular weight excluding hydrogens is 268 g/mol. The van der Waals surface area contributed by atoms with Gasteiger partial charge in [0.2, 0.25) is 10.0 Å². The summed E-state index contributed by atoms with van der Waals surface area (Å²) in [6.07, 6.45) is 1.21. The third kappa shape index (κ3) is 5.08. The van der Waals surface area contributed by atoms with Gasteiger partial charge in [-0.15, -0.1) is 0 Å². The van der Waals surface area contributed by atoms with Crippen molar-refractivity contribution in [1.82, 2.24) is 9.21 Å². The average molecular weight is 292 g/mol. The van der Waals surface area contributed by atoms with Crippen molar-refractivity contribution in [3.63, 3.8) is 0 Å². The number of carbonyl (C=O) groups excluding carboxylic acids is 1. The zero-order valence-corrected chi connectivity index (χ0v) is 13.2. The largest absolute Gasteiger partial charge is 0.459 e. The van der Waals surface area contributed by atoms with E-state index in [1.807, 2.05) is 25.7 Å². The molecule has 0 N–H and O–H groups in total. The van der Waals surface area contributed by atoms with Gasteiger partial charge in [0.25, 0.3) is 0 Å². The second-order valence-corrected chi connectivity index (χ2v) is 7.89. The van der Waals surface area contributed by atoms with Crippen molar-refractivity contribution >= 4 is 16.0 Å². The van der Waals surface area contributed by atoms with Crippen molar-refractivity contribution < 1.29 is 17.9 Å². The lowest BCUT2D eigenvalue weighted by atomic mass is 10.2. The second-order valence-electron chi connectivity index (χ2n) is 5.91. The Hall–Kier alpha value is -0.660. The van der Waals surface area contributed by atoms with Crippen LogP contribution in [0.25, 0.3) is 0 Å². The van der Waals surface area contributed by atoms with E-state index in [-0.39, 0.29) is 12.0 Å². The van der Waals surface area contributed by atoms with Gasteiger partial charge in [0.05, 0.1) is 6.26 Å². The molecule has 1 unspecified atom stereocenters. The molecule has 0 bridgehead atoms. The Labute approximate surface area is 115 Å². The Morgan fingerprint density at radius 1 is 1.16 bits per heavy atom. The summed E-state index contributed by atoms with van der Waals surface area (Å²) in [4.78, 5) is 13.9. The lowest BCUT2D eigenvalue weighted by Gasteiger charge is -2.36. The number of sulfonamides is 1. The van der Waals surface area contributed by atoms with Gasteiger partial charge < -0.3 is 4.74 Å². The van der Waals surface area contributed by atoms with Crippen LogP contribution in [-0.4, -0.2) is 67.7 Å². The summed E-state index contributed by atoms with van der Waals surface area (Å²) in [6, 6.07) is -0.346. The van der Waals surface area contributed by atoms with Crippen LogP contribution in [0.1, 0.15) is 27.7 Å². The van der Waals surface area contributed by atoms with Gasteiger partial charge in [-0.1, -0.05) is 0 Å². The van der Waals surface area contributed by atoms with E-state index in [1.54, 1.807) is 6.92 Å². The molecule has 1 atom stereocenters. The first-order valence-corrected chi connectivity index (χ1v) is 8.27. The van der Waals surface area contributed by atoms with Crippen molar-refractivity contribution in [2.75, 3.05) is 32.4 Å². The van der Waals surface area contributed by atoms with E-state index in [0.29, 0.717) is 26.2 Å². The van der Waals surface area contributed by atoms with Gasteiger partial charge in [-0.2, -0.15) is 4.31 Å². The number of piperazine rings is 1. The van der Waals surface area contributed by atoms with E-state index >= 15 is 0 Å². The highest BCUT2D eigenvalue weighted by Gasteiger charge is 2.31. The maximum Gasteiger partial charge on any atom is 0.323 e. The van der Waals surface area contributed by atoms with E-state index in [1.165, 1.54) is 10.6 Å². The van der Waals surface area contributed by atoms with Gasteiger partial charge >= 0.3 is 5.97 Å². The van der Waals surface area contributed by atoms with E-state index in [2.05, 4.69) is 0 Å². The average Bonchev–Trinajstić information content (AvgIpc) is 2.24. The normalized spacial score (nSPS) is 21.1. The van der Waals surface area contributed by atoms with E-state index in [4.69, 9.17) is 4.74 Å². The van der Waals surface area contributed by atoms with Gasteiger partial charge in [-0.25, -0.2) is 8.42 Å². The van der Waals surface area contributed by atoms with Gasteiger partial charge in [-0.3, -0.25) is 9.69 Å². The van der Waals surface area contributed by atoms with Gasteiger partial charge in [0.15, 0.2) is 0 Å². The summed E-state index contributed by atoms with van der Waals surface area (Å²) in [5, 5.41) is 0. The van der Waals surface area contributed by atoms with Crippen molar-refractivity contribution in [2.24, 2.45) is 0 Å². The second kappa shape index (κ2) is 5.76. The Bertz CT molecular complexity index is 420. The van der Waals surface area contributed by atoms with Crippen molar-refractivity contribution in [3.05, 3.63) is 0 Å². The molecule has 0 aromatic rings. The predicted octanol–water partition coefficient (Wildman–Crippen LogP) is 0.294. The molecule has 0 amide bonds. The summed E-state index contributed by atoms with van der Waals surface area (Å²) in [7, 11) is -3.13. The highest BCUT2D eigenvalue weighted by molar-refractivity contribution is 7.88. The first kappa shape index (κ1) is 16.4. The summed E-state index contributed by atoms with van der Waals surface area (Å²) < 4.78 is 29.6. The maximum atomic E-state index is 11.9. The number of nitrogens with zero attached hydrogens (tertiary/aromatic N) is 2. The molecule has 19 heavy (non-hydrogen) atoms. The van der Waals surface area contributed by atoms with E-state index in [0.717, 1.165) is 0 Å². The van der Waals surface area contributed by atoms with Crippen LogP contribution >= 0.6 is 0 Å². The first-order chi connectivity index (χ1) is 8.50. The minimum Gasteiger partial charge on any atom is -0.459 e. The van der Waals surface area contributed by atoms with E-state index < -0.39 is 15.6 Å². The molecule has 112 valence electrons. The minimum absolute atomic E-state index is 0.264. The third-order valence-electron chi connectivity index (χ3n) is 3.04. The van der Waals surface area contributed by atoms with Crippen LogP contribution in [-0.2, 0) is 19.6 Å². The molecule has 0 spiro atoms. The number of hydrogen-bond acceptors (Lipinski definition) is 5. The Morgan fingerprint density at radius 2 is 1.63 bits per heavy atom. The zero-order chi connectivity index (χ0) is 14.8. The maximum absolute atomic E-state index is 11.9. The molecule has 1 heterocycles. The van der Waals surface area contributed by atoms with Crippen LogP contribution in [0.5, 0.6) is 0 Å². The summed E-state index contributed by atoms with van der Waals surface area (Å²) >= 11 is 0. The highest BCUT2D eigenvalue weighted by atomic mass is 32.2. The fourth-order valence-corrected chi connectivity index (χ4v) is 2.79. The van der Waals surface area contributed by atoms with Crippen LogP contribution in [0, 0.1) is 0 Å². The molecule has 1 aliphatic heterocycles. The standard InChI is InChI=1S/C12H24N2O4S/c1-10(11(15)18-12(2,3)4)13-6-8-14(9-7-13)19(5,16)17/h10H,6-9H2,1-5H3. The molecule has 6 nitrogen and oxygen atoms in total. The zero-order valence-electron chi connectivity index (χ0n) is 12.3. The number of esters is 1. The molecule has 0 saturated carbocycles. The lowest BCUT2D eigenvalue weighted by molar-refractivity contribution is -0.161. The molecule has 1 fully saturated rings. The smallest absolute Gasteiger partial charge is 0.323 e. The Balaban J connectivity index is 2.54. The molecule has 0 radical (unpaired) electrons. The summed E-state index contributed by atoms with van der Waals surface area (Å²) in [5.74, 6) is -0.264. The van der Waals surface area contributed by atoms with Crippen molar-refractivity contribution in [3.8, 4) is 0 Å². The molecule has 1 rings (SSSR count). The molecule has 0 aliphatic carbocycles. The quantitative estimate of drug-likeness (QED) is 0.700. The predicted molar refractivity (Wildman–Crippen MR) is 73.3 cm³/mol. The number of ether oxygens (including phenoxy) is 1. The fraction of sp³-hybridized carbons (Fsp3) is 0.917. The van der Waals surface area contributed by atoms with Crippen LogP contribution < -0.4 is 0 Å². The third-order valence-corrected chi connectivity index (χ3v) is 4.34. The van der Waals surface area contributed by atoms with Gasteiger partial charge in [0, 0.05) is 26.2 Å². The van der Waals surface area contributed by atoms with Crippen LogP contribution in [0.15, 0.2) is 0 Å². The molecule has 7 heteroatoms. The number of rotatable bonds is 3. The molecular formula is C12H24N2O4S. The van der Waals surface area contributed by atoms with Crippen LogP contribution in [0.4, 0.5) is 0 Å². The number of hydrogen-bond donors (Lipinski definition) is 0. The van der Waals surface area contributed by atoms with Crippen molar-refractivity contribution in [2.45, 2.75) is 39.3 Å².